The van der Waals surface area contributed by atoms with Crippen molar-refractivity contribution in [1.29, 1.82) is 0 Å². The number of carbonyl (C=O) groups excluding carboxylic acids is 2. The van der Waals surface area contributed by atoms with Crippen LogP contribution in [-0.2, 0) is 25.4 Å². The van der Waals surface area contributed by atoms with Crippen molar-refractivity contribution in [3.63, 3.8) is 0 Å². The van der Waals surface area contributed by atoms with Gasteiger partial charge in [-0.25, -0.2) is 18.6 Å². The molecule has 1 aromatic heterocycles. The van der Waals surface area contributed by atoms with Crippen LogP contribution in [0.1, 0.15) is 23.0 Å². The average molecular weight is 494 g/mol. The van der Waals surface area contributed by atoms with Crippen LogP contribution in [-0.4, -0.2) is 73.6 Å². The van der Waals surface area contributed by atoms with Gasteiger partial charge in [0.2, 0.25) is 0 Å². The summed E-state index contributed by atoms with van der Waals surface area (Å²) in [6.45, 7) is 0.554. The quantitative estimate of drug-likeness (QED) is 0.538. The number of alkyl halides is 2. The van der Waals surface area contributed by atoms with Gasteiger partial charge in [0.1, 0.15) is 12.7 Å². The predicted octanol–water partition coefficient (Wildman–Crippen LogP) is 2.37. The lowest BCUT2D eigenvalue weighted by Crippen LogP contribution is -2.46. The van der Waals surface area contributed by atoms with Gasteiger partial charge in [-0.1, -0.05) is 30.3 Å². The number of hydrogen-bond acceptors (Lipinski definition) is 8. The van der Waals surface area contributed by atoms with Crippen molar-refractivity contribution >= 4 is 11.9 Å². The second-order valence-corrected chi connectivity index (χ2v) is 8.05. The van der Waals surface area contributed by atoms with Gasteiger partial charge in [-0.15, -0.1) is 0 Å². The molecule has 2 N–H and O–H groups in total. The number of benzene rings is 1. The number of amides is 1. The number of nitrogens with zero attached hydrogens (tertiary/aromatic N) is 1. The fourth-order valence-electron chi connectivity index (χ4n) is 3.86. The number of halogens is 2. The Kier molecular flexibility index (Phi) is 9.32. The van der Waals surface area contributed by atoms with Crippen LogP contribution in [0, 0.1) is 5.92 Å². The fourth-order valence-corrected chi connectivity index (χ4v) is 3.86. The number of pyridine rings is 1. The lowest BCUT2D eigenvalue weighted by molar-refractivity contribution is -0.162. The molecule has 1 aromatic carbocycles. The Hall–Kier alpha value is -3.31. The van der Waals surface area contributed by atoms with E-state index in [2.05, 4.69) is 10.3 Å². The van der Waals surface area contributed by atoms with E-state index >= 15 is 0 Å². The van der Waals surface area contributed by atoms with E-state index < -0.39 is 54.8 Å². The standard InChI is InChI=1S/C24H28F2N2O7/c1-14-22(34-13-19(25)26)16(10-15-6-4-3-5-7-15)11-33-12-17(24(31)35-14)28-23(30)20-21(29)18(32-2)8-9-27-20/h3-9,14,16-17,19,22,29H,10-13H2,1-2H3,(H,28,30). The summed E-state index contributed by atoms with van der Waals surface area (Å²) in [4.78, 5) is 29.4. The first-order chi connectivity index (χ1) is 16.8. The van der Waals surface area contributed by atoms with Gasteiger partial charge in [0.25, 0.3) is 12.3 Å². The Labute approximate surface area is 201 Å². The van der Waals surface area contributed by atoms with Gasteiger partial charge in [0, 0.05) is 18.2 Å². The highest BCUT2D eigenvalue weighted by Crippen LogP contribution is 2.28. The average Bonchev–Trinajstić information content (AvgIpc) is 2.87. The highest BCUT2D eigenvalue weighted by atomic mass is 19.3. The summed E-state index contributed by atoms with van der Waals surface area (Å²) in [5, 5.41) is 12.6. The summed E-state index contributed by atoms with van der Waals surface area (Å²) in [7, 11) is 1.32. The molecule has 11 heteroatoms. The molecule has 9 nitrogen and oxygen atoms in total. The van der Waals surface area contributed by atoms with Gasteiger partial charge < -0.3 is 29.4 Å². The zero-order valence-corrected chi connectivity index (χ0v) is 19.4. The fraction of sp³-hybridized carbons (Fsp3) is 0.458. The summed E-state index contributed by atoms with van der Waals surface area (Å²) in [5.74, 6) is -2.53. The van der Waals surface area contributed by atoms with E-state index in [0.717, 1.165) is 5.56 Å². The molecule has 2 aromatic rings. The molecule has 0 spiro atoms. The van der Waals surface area contributed by atoms with Crippen molar-refractivity contribution in [1.82, 2.24) is 10.3 Å². The van der Waals surface area contributed by atoms with Crippen molar-refractivity contribution in [2.24, 2.45) is 5.92 Å². The van der Waals surface area contributed by atoms with Gasteiger partial charge in [-0.3, -0.25) is 4.79 Å². The van der Waals surface area contributed by atoms with Crippen molar-refractivity contribution < 1.29 is 42.4 Å². The molecular weight excluding hydrogens is 466 g/mol. The molecular formula is C24H28F2N2O7. The van der Waals surface area contributed by atoms with E-state index in [1.54, 1.807) is 6.92 Å². The number of cyclic esters (lactones) is 1. The molecule has 1 aliphatic rings. The summed E-state index contributed by atoms with van der Waals surface area (Å²) in [5.41, 5.74) is 0.596. The predicted molar refractivity (Wildman–Crippen MR) is 119 cm³/mol. The summed E-state index contributed by atoms with van der Waals surface area (Å²) < 4.78 is 47.5. The number of hydrogen-bond donors (Lipinski definition) is 2. The summed E-state index contributed by atoms with van der Waals surface area (Å²) >= 11 is 0. The molecule has 0 bridgehead atoms. The van der Waals surface area contributed by atoms with Crippen LogP contribution in [0.2, 0.25) is 0 Å². The van der Waals surface area contributed by atoms with Gasteiger partial charge in [0.05, 0.1) is 26.4 Å². The second-order valence-electron chi connectivity index (χ2n) is 8.05. The third kappa shape index (κ3) is 7.09. The Bertz CT molecular complexity index is 993. The van der Waals surface area contributed by atoms with Crippen LogP contribution in [0.3, 0.4) is 0 Å². The molecule has 3 rings (SSSR count). The van der Waals surface area contributed by atoms with Gasteiger partial charge in [-0.05, 0) is 18.9 Å². The Morgan fingerprint density at radius 1 is 1.26 bits per heavy atom. The Morgan fingerprint density at radius 2 is 2.00 bits per heavy atom. The largest absolute Gasteiger partial charge is 0.503 e. The molecule has 1 fully saturated rings. The van der Waals surface area contributed by atoms with Crippen LogP contribution in [0.5, 0.6) is 11.5 Å². The minimum atomic E-state index is -2.70. The van der Waals surface area contributed by atoms with Gasteiger partial charge in [-0.2, -0.15) is 0 Å². The molecule has 0 radical (unpaired) electrons. The zero-order chi connectivity index (χ0) is 25.4. The van der Waals surface area contributed by atoms with Crippen molar-refractivity contribution in [2.45, 2.75) is 38.0 Å². The number of ether oxygens (including phenoxy) is 4. The molecule has 4 atom stereocenters. The maximum Gasteiger partial charge on any atom is 0.331 e. The Balaban J connectivity index is 1.77. The minimum absolute atomic E-state index is 0.0369. The Morgan fingerprint density at radius 3 is 2.69 bits per heavy atom. The second kappa shape index (κ2) is 12.4. The number of rotatable bonds is 8. The van der Waals surface area contributed by atoms with Crippen LogP contribution in [0.15, 0.2) is 42.6 Å². The van der Waals surface area contributed by atoms with Crippen molar-refractivity contribution in [3.05, 3.63) is 53.9 Å². The molecule has 190 valence electrons. The van der Waals surface area contributed by atoms with E-state index in [-0.39, 0.29) is 24.7 Å². The first kappa shape index (κ1) is 26.3. The number of aromatic nitrogens is 1. The molecule has 2 heterocycles. The van der Waals surface area contributed by atoms with Crippen LogP contribution < -0.4 is 10.1 Å². The van der Waals surface area contributed by atoms with E-state index in [1.807, 2.05) is 30.3 Å². The van der Waals surface area contributed by atoms with Gasteiger partial charge in [0.15, 0.2) is 23.2 Å². The number of esters is 1. The van der Waals surface area contributed by atoms with E-state index in [9.17, 15) is 23.5 Å². The molecule has 35 heavy (non-hydrogen) atoms. The maximum absolute atomic E-state index is 12.9. The molecule has 0 saturated carbocycles. The third-order valence-corrected chi connectivity index (χ3v) is 5.51. The lowest BCUT2D eigenvalue weighted by atomic mass is 9.91. The van der Waals surface area contributed by atoms with Crippen LogP contribution >= 0.6 is 0 Å². The number of aromatic hydroxyl groups is 1. The normalized spacial score (nSPS) is 23.1. The molecule has 1 saturated heterocycles. The first-order valence-electron chi connectivity index (χ1n) is 11.0. The monoisotopic (exact) mass is 494 g/mol. The number of carbonyl (C=O) groups is 2. The molecule has 4 unspecified atom stereocenters. The van der Waals surface area contributed by atoms with Crippen molar-refractivity contribution in [2.75, 3.05) is 26.9 Å². The minimum Gasteiger partial charge on any atom is -0.503 e. The summed E-state index contributed by atoms with van der Waals surface area (Å²) in [6, 6.07) is 9.50. The van der Waals surface area contributed by atoms with E-state index in [1.165, 1.54) is 19.4 Å². The lowest BCUT2D eigenvalue weighted by Gasteiger charge is -2.30. The van der Waals surface area contributed by atoms with Crippen molar-refractivity contribution in [3.8, 4) is 11.5 Å². The van der Waals surface area contributed by atoms with Crippen LogP contribution in [0.4, 0.5) is 8.78 Å². The topological polar surface area (TPSA) is 116 Å². The third-order valence-electron chi connectivity index (χ3n) is 5.51. The summed E-state index contributed by atoms with van der Waals surface area (Å²) in [6.07, 6.45) is -2.76. The molecule has 1 aliphatic heterocycles. The zero-order valence-electron chi connectivity index (χ0n) is 19.4. The highest BCUT2D eigenvalue weighted by Gasteiger charge is 2.36. The maximum atomic E-state index is 12.9. The van der Waals surface area contributed by atoms with Gasteiger partial charge >= 0.3 is 5.97 Å². The van der Waals surface area contributed by atoms with E-state index in [4.69, 9.17) is 18.9 Å². The highest BCUT2D eigenvalue weighted by molar-refractivity contribution is 5.98. The smallest absolute Gasteiger partial charge is 0.331 e. The SMILES string of the molecule is COc1ccnc(C(=O)NC2COCC(Cc3ccccc3)C(OCC(F)F)C(C)OC2=O)c1O. The van der Waals surface area contributed by atoms with E-state index in [0.29, 0.717) is 6.42 Å². The molecule has 0 aliphatic carbocycles. The number of nitrogens with one attached hydrogen (secondary N) is 1. The van der Waals surface area contributed by atoms with Crippen LogP contribution in [0.25, 0.3) is 0 Å². The number of methoxy groups -OCH3 is 1. The molecule has 1 amide bonds. The first-order valence-corrected chi connectivity index (χ1v) is 11.0.